The molecule has 0 aliphatic carbocycles. The van der Waals surface area contributed by atoms with Gasteiger partial charge in [0.2, 0.25) is 0 Å². The third-order valence-corrected chi connectivity index (χ3v) is 2.96. The minimum absolute atomic E-state index is 0.0578. The zero-order valence-electron chi connectivity index (χ0n) is 11.2. The van der Waals surface area contributed by atoms with Crippen molar-refractivity contribution in [1.29, 1.82) is 0 Å². The Morgan fingerprint density at radius 1 is 1.48 bits per heavy atom. The van der Waals surface area contributed by atoms with Crippen LogP contribution in [0.15, 0.2) is 30.5 Å². The number of nitro groups is 1. The van der Waals surface area contributed by atoms with Crippen LogP contribution in [-0.4, -0.2) is 20.6 Å². The average Bonchev–Trinajstić information content (AvgIpc) is 2.89. The molecule has 0 atom stereocenters. The maximum absolute atomic E-state index is 12.1. The lowest BCUT2D eigenvalue weighted by atomic mass is 10.1. The van der Waals surface area contributed by atoms with Gasteiger partial charge in [0.25, 0.3) is 11.6 Å². The van der Waals surface area contributed by atoms with Crippen LogP contribution in [0.3, 0.4) is 0 Å². The number of nitrogen functional groups attached to an aromatic ring is 1. The number of aromatic nitrogens is 2. The molecule has 1 amide bonds. The molecule has 1 aromatic heterocycles. The lowest BCUT2D eigenvalue weighted by molar-refractivity contribution is -0.385. The van der Waals surface area contributed by atoms with E-state index in [0.29, 0.717) is 5.69 Å². The summed E-state index contributed by atoms with van der Waals surface area (Å²) in [6, 6.07) is 5.73. The fourth-order valence-electron chi connectivity index (χ4n) is 1.81. The van der Waals surface area contributed by atoms with E-state index < -0.39 is 10.8 Å². The van der Waals surface area contributed by atoms with Crippen LogP contribution in [0.5, 0.6) is 0 Å². The van der Waals surface area contributed by atoms with Crippen molar-refractivity contribution in [1.82, 2.24) is 15.1 Å². The van der Waals surface area contributed by atoms with E-state index in [1.165, 1.54) is 18.2 Å². The molecule has 1 heterocycles. The maximum atomic E-state index is 12.1. The Morgan fingerprint density at radius 3 is 2.81 bits per heavy atom. The van der Waals surface area contributed by atoms with E-state index in [4.69, 9.17) is 5.84 Å². The highest BCUT2D eigenvalue weighted by Gasteiger charge is 2.20. The van der Waals surface area contributed by atoms with Crippen molar-refractivity contribution in [3.8, 4) is 0 Å². The first kappa shape index (κ1) is 14.5. The van der Waals surface area contributed by atoms with Crippen molar-refractivity contribution in [3.05, 3.63) is 51.8 Å². The number of amides is 1. The molecule has 4 N–H and O–H groups in total. The van der Waals surface area contributed by atoms with E-state index in [1.807, 2.05) is 0 Å². The van der Waals surface area contributed by atoms with Gasteiger partial charge in [-0.05, 0) is 18.2 Å². The van der Waals surface area contributed by atoms with Crippen LogP contribution < -0.4 is 16.6 Å². The number of nitrogens with zero attached hydrogens (tertiary/aromatic N) is 3. The molecule has 21 heavy (non-hydrogen) atoms. The predicted molar refractivity (Wildman–Crippen MR) is 75.3 cm³/mol. The second-order valence-electron chi connectivity index (χ2n) is 4.26. The number of hydrogen-bond acceptors (Lipinski definition) is 6. The first-order valence-electron chi connectivity index (χ1n) is 6.03. The number of benzene rings is 1. The monoisotopic (exact) mass is 290 g/mol. The average molecular weight is 290 g/mol. The topological polar surface area (TPSA) is 128 Å². The van der Waals surface area contributed by atoms with Crippen LogP contribution in [0.4, 0.5) is 11.4 Å². The SMILES string of the molecule is Cn1nccc1CNC(=O)c1cc(NN)ccc1[N+](=O)[O-]. The molecule has 0 bridgehead atoms. The Hall–Kier alpha value is -2.94. The summed E-state index contributed by atoms with van der Waals surface area (Å²) in [4.78, 5) is 22.5. The Labute approximate surface area is 119 Å². The number of nitrogens with one attached hydrogen (secondary N) is 2. The second-order valence-corrected chi connectivity index (χ2v) is 4.26. The number of hydrazine groups is 1. The zero-order chi connectivity index (χ0) is 15.4. The lowest BCUT2D eigenvalue weighted by Crippen LogP contribution is -2.25. The van der Waals surface area contributed by atoms with Crippen molar-refractivity contribution in [3.63, 3.8) is 0 Å². The molecule has 0 saturated heterocycles. The van der Waals surface area contributed by atoms with Crippen molar-refractivity contribution in [2.24, 2.45) is 12.9 Å². The van der Waals surface area contributed by atoms with Gasteiger partial charge in [-0.15, -0.1) is 0 Å². The highest BCUT2D eigenvalue weighted by Crippen LogP contribution is 2.22. The van der Waals surface area contributed by atoms with Crippen LogP contribution in [0.1, 0.15) is 16.1 Å². The number of rotatable bonds is 5. The predicted octanol–water partition coefficient (Wildman–Crippen LogP) is 0.544. The third kappa shape index (κ3) is 3.15. The number of nitro benzene ring substituents is 1. The first-order chi connectivity index (χ1) is 10.0. The molecule has 2 aromatic rings. The zero-order valence-corrected chi connectivity index (χ0v) is 11.2. The normalized spacial score (nSPS) is 10.2. The molecule has 110 valence electrons. The van der Waals surface area contributed by atoms with Crippen molar-refractivity contribution in [2.75, 3.05) is 5.43 Å². The fraction of sp³-hybridized carbons (Fsp3) is 0.167. The fourth-order valence-corrected chi connectivity index (χ4v) is 1.81. The molecule has 0 fully saturated rings. The second kappa shape index (κ2) is 6.01. The van der Waals surface area contributed by atoms with E-state index in [2.05, 4.69) is 15.8 Å². The van der Waals surface area contributed by atoms with E-state index in [0.717, 1.165) is 5.69 Å². The van der Waals surface area contributed by atoms with Gasteiger partial charge in [0.1, 0.15) is 5.56 Å². The van der Waals surface area contributed by atoms with Crippen LogP contribution >= 0.6 is 0 Å². The summed E-state index contributed by atoms with van der Waals surface area (Å²) >= 11 is 0. The Morgan fingerprint density at radius 2 is 2.24 bits per heavy atom. The Bertz CT molecular complexity index is 681. The minimum Gasteiger partial charge on any atom is -0.346 e. The van der Waals surface area contributed by atoms with Gasteiger partial charge in [0.15, 0.2) is 0 Å². The summed E-state index contributed by atoms with van der Waals surface area (Å²) in [5.74, 6) is 4.70. The van der Waals surface area contributed by atoms with Crippen LogP contribution in [0.25, 0.3) is 0 Å². The molecular weight excluding hydrogens is 276 g/mol. The number of nitrogens with two attached hydrogens (primary N) is 1. The van der Waals surface area contributed by atoms with E-state index in [-0.39, 0.29) is 17.8 Å². The summed E-state index contributed by atoms with van der Waals surface area (Å²) in [5.41, 5.74) is 3.20. The molecular formula is C12H14N6O3. The molecule has 0 aliphatic heterocycles. The summed E-state index contributed by atoms with van der Waals surface area (Å²) in [6.07, 6.45) is 1.60. The van der Waals surface area contributed by atoms with Crippen molar-refractivity contribution >= 4 is 17.3 Å². The summed E-state index contributed by atoms with van der Waals surface area (Å²) in [6.45, 7) is 0.215. The van der Waals surface area contributed by atoms with Gasteiger partial charge in [0, 0.05) is 25.0 Å². The van der Waals surface area contributed by atoms with Gasteiger partial charge in [-0.2, -0.15) is 5.10 Å². The molecule has 0 radical (unpaired) electrons. The number of carbonyl (C=O) groups excluding carboxylic acids is 1. The first-order valence-corrected chi connectivity index (χ1v) is 6.03. The molecule has 0 spiro atoms. The van der Waals surface area contributed by atoms with E-state index >= 15 is 0 Å². The molecule has 9 heteroatoms. The quantitative estimate of drug-likeness (QED) is 0.419. The van der Waals surface area contributed by atoms with E-state index in [1.54, 1.807) is 24.0 Å². The maximum Gasteiger partial charge on any atom is 0.282 e. The Kier molecular flexibility index (Phi) is 4.14. The lowest BCUT2D eigenvalue weighted by Gasteiger charge is -2.08. The summed E-state index contributed by atoms with van der Waals surface area (Å²) < 4.78 is 1.60. The van der Waals surface area contributed by atoms with Gasteiger partial charge in [-0.3, -0.25) is 25.4 Å². The highest BCUT2D eigenvalue weighted by atomic mass is 16.6. The largest absolute Gasteiger partial charge is 0.346 e. The van der Waals surface area contributed by atoms with Crippen LogP contribution in [0, 0.1) is 10.1 Å². The van der Waals surface area contributed by atoms with Gasteiger partial charge in [0.05, 0.1) is 17.2 Å². The standard InChI is InChI=1S/C12H14N6O3/c1-17-9(4-5-15-17)7-14-12(19)10-6-8(16-13)2-3-11(10)18(20)21/h2-6,16H,7,13H2,1H3,(H,14,19). The summed E-state index contributed by atoms with van der Waals surface area (Å²) in [7, 11) is 1.74. The molecule has 0 saturated carbocycles. The summed E-state index contributed by atoms with van der Waals surface area (Å²) in [5, 5.41) is 17.6. The van der Waals surface area contributed by atoms with Crippen molar-refractivity contribution < 1.29 is 9.72 Å². The van der Waals surface area contributed by atoms with Gasteiger partial charge < -0.3 is 10.7 Å². The molecule has 2 rings (SSSR count). The number of hydrogen-bond donors (Lipinski definition) is 3. The molecule has 9 nitrogen and oxygen atoms in total. The Balaban J connectivity index is 2.21. The van der Waals surface area contributed by atoms with Crippen LogP contribution in [-0.2, 0) is 13.6 Å². The smallest absolute Gasteiger partial charge is 0.282 e. The number of anilines is 1. The number of carbonyl (C=O) groups is 1. The van der Waals surface area contributed by atoms with Gasteiger partial charge in [-0.25, -0.2) is 0 Å². The molecule has 0 unspecified atom stereocenters. The molecule has 1 aromatic carbocycles. The third-order valence-electron chi connectivity index (χ3n) is 2.96. The van der Waals surface area contributed by atoms with Gasteiger partial charge in [-0.1, -0.05) is 0 Å². The molecule has 0 aliphatic rings. The highest BCUT2D eigenvalue weighted by molar-refractivity contribution is 5.99. The van der Waals surface area contributed by atoms with Gasteiger partial charge >= 0.3 is 0 Å². The van der Waals surface area contributed by atoms with Crippen molar-refractivity contribution in [2.45, 2.75) is 6.54 Å². The van der Waals surface area contributed by atoms with E-state index in [9.17, 15) is 14.9 Å². The minimum atomic E-state index is -0.612. The number of aryl methyl sites for hydroxylation is 1. The van der Waals surface area contributed by atoms with Crippen LogP contribution in [0.2, 0.25) is 0 Å².